The lowest BCUT2D eigenvalue weighted by molar-refractivity contribution is 0.160. The van der Waals surface area contributed by atoms with E-state index >= 15 is 0 Å². The highest BCUT2D eigenvalue weighted by Gasteiger charge is 2.07. The summed E-state index contributed by atoms with van der Waals surface area (Å²) in [4.78, 5) is 0. The van der Waals surface area contributed by atoms with Gasteiger partial charge in [0.25, 0.3) is 0 Å². The molecule has 1 heterocycles. The Kier molecular flexibility index (Phi) is 6.00. The fraction of sp³-hybridized carbons (Fsp3) is 0.800. The molecule has 10 heavy (non-hydrogen) atoms. The van der Waals surface area contributed by atoms with E-state index in [-0.39, 0.29) is 10.5 Å². The first kappa shape index (κ1) is 10.2. The normalized spacial score (nSPS) is 23.2. The van der Waals surface area contributed by atoms with E-state index in [9.17, 15) is 0 Å². The zero-order chi connectivity index (χ0) is 7.98. The van der Waals surface area contributed by atoms with E-state index in [1.165, 1.54) is 0 Å². The third-order valence-electron chi connectivity index (χ3n) is 1.03. The van der Waals surface area contributed by atoms with E-state index in [0.717, 1.165) is 19.4 Å². The summed E-state index contributed by atoms with van der Waals surface area (Å²) in [7, 11) is 0. The number of thiol groups is 1. The van der Waals surface area contributed by atoms with Crippen molar-refractivity contribution < 1.29 is 5.11 Å². The summed E-state index contributed by atoms with van der Waals surface area (Å²) in [6.45, 7) is 0.987. The zero-order valence-electron chi connectivity index (χ0n) is 5.58. The van der Waals surface area contributed by atoms with Crippen LogP contribution in [0.15, 0.2) is 0 Å². The average Bonchev–Trinajstić information content (AvgIpc) is 2.15. The monoisotopic (exact) mass is 180 g/mol. The van der Waals surface area contributed by atoms with Gasteiger partial charge in [0.2, 0.25) is 0 Å². The van der Waals surface area contributed by atoms with Crippen molar-refractivity contribution in [2.45, 2.75) is 19.1 Å². The Morgan fingerprint density at radius 3 is 2.40 bits per heavy atom. The molecule has 0 amide bonds. The predicted octanol–water partition coefficient (Wildman–Crippen LogP) is -0.152. The average molecular weight is 180 g/mol. The maximum absolute atomic E-state index is 8.62. The van der Waals surface area contributed by atoms with Gasteiger partial charge in [0.1, 0.15) is 10.5 Å². The molecule has 5 heteroatoms. The van der Waals surface area contributed by atoms with Crippen molar-refractivity contribution in [2.24, 2.45) is 5.73 Å². The summed E-state index contributed by atoms with van der Waals surface area (Å²) in [5.41, 5.74) is 4.71. The van der Waals surface area contributed by atoms with Gasteiger partial charge in [-0.1, -0.05) is 12.2 Å². The second-order valence-electron chi connectivity index (χ2n) is 1.95. The molecule has 0 bridgehead atoms. The topological polar surface area (TPSA) is 58.3 Å². The molecule has 1 rings (SSSR count). The number of aliphatic hydroxyl groups excluding tert-OH is 1. The van der Waals surface area contributed by atoms with Crippen molar-refractivity contribution in [1.82, 2.24) is 5.32 Å². The first-order chi connectivity index (χ1) is 4.63. The molecule has 1 fully saturated rings. The molecule has 0 aliphatic carbocycles. The van der Waals surface area contributed by atoms with Gasteiger partial charge in [0.15, 0.2) is 0 Å². The van der Waals surface area contributed by atoms with Crippen LogP contribution < -0.4 is 11.1 Å². The van der Waals surface area contributed by atoms with Crippen LogP contribution in [0.4, 0.5) is 0 Å². The van der Waals surface area contributed by atoms with E-state index < -0.39 is 0 Å². The molecular weight excluding hydrogens is 168 g/mol. The minimum atomic E-state index is -0.204. The summed E-state index contributed by atoms with van der Waals surface area (Å²) in [6, 6.07) is 0. The second kappa shape index (κ2) is 5.91. The lowest BCUT2D eigenvalue weighted by Crippen LogP contribution is -2.19. The number of hydrogen-bond donors (Lipinski definition) is 4. The molecule has 0 aromatic rings. The third kappa shape index (κ3) is 8.16. The fourth-order valence-corrected chi connectivity index (χ4v) is 0.666. The van der Waals surface area contributed by atoms with Crippen LogP contribution in [0.2, 0.25) is 0 Å². The van der Waals surface area contributed by atoms with E-state index in [1.54, 1.807) is 0 Å². The van der Waals surface area contributed by atoms with Gasteiger partial charge >= 0.3 is 0 Å². The summed E-state index contributed by atoms with van der Waals surface area (Å²) in [5, 5.41) is 11.5. The molecule has 4 N–H and O–H groups in total. The minimum Gasteiger partial charge on any atom is -0.385 e. The quantitative estimate of drug-likeness (QED) is 0.309. The number of hydrogen-bond acceptors (Lipinski definition) is 3. The molecule has 1 unspecified atom stereocenters. The number of thiocarbonyl (C=S) groups is 1. The number of nitrogens with one attached hydrogen (secondary N) is 1. The van der Waals surface area contributed by atoms with Crippen molar-refractivity contribution in [3.63, 3.8) is 0 Å². The first-order valence-corrected chi connectivity index (χ1v) is 3.88. The van der Waals surface area contributed by atoms with Crippen LogP contribution in [0, 0.1) is 0 Å². The lowest BCUT2D eigenvalue weighted by Gasteiger charge is -1.94. The molecule has 0 spiro atoms. The Hall–Kier alpha value is 0.160. The molecule has 1 saturated heterocycles. The Labute approximate surface area is 71.4 Å². The van der Waals surface area contributed by atoms with Gasteiger partial charge in [-0.15, -0.1) is 12.6 Å². The first-order valence-electron chi connectivity index (χ1n) is 3.03. The van der Waals surface area contributed by atoms with Crippen molar-refractivity contribution in [3.8, 4) is 0 Å². The van der Waals surface area contributed by atoms with Crippen LogP contribution >= 0.6 is 24.8 Å². The summed E-state index contributed by atoms with van der Waals surface area (Å²) in [6.07, 6.45) is 1.85. The SMILES string of the molecule is NC(=S)S.OC1CCCN1. The largest absolute Gasteiger partial charge is 0.385 e. The van der Waals surface area contributed by atoms with Gasteiger partial charge in [-0.2, -0.15) is 0 Å². The number of rotatable bonds is 0. The molecular formula is C5H12N2OS2. The molecule has 1 aliphatic rings. The Balaban J connectivity index is 0.000000180. The van der Waals surface area contributed by atoms with E-state index in [4.69, 9.17) is 10.8 Å². The van der Waals surface area contributed by atoms with Crippen LogP contribution in [0.5, 0.6) is 0 Å². The molecule has 60 valence electrons. The third-order valence-corrected chi connectivity index (χ3v) is 1.03. The smallest absolute Gasteiger partial charge is 0.128 e. The summed E-state index contributed by atoms with van der Waals surface area (Å²) < 4.78 is 0.194. The molecule has 1 atom stereocenters. The van der Waals surface area contributed by atoms with Crippen LogP contribution in [0.25, 0.3) is 0 Å². The van der Waals surface area contributed by atoms with Crippen molar-refractivity contribution in [3.05, 3.63) is 0 Å². The Morgan fingerprint density at radius 2 is 2.30 bits per heavy atom. The maximum atomic E-state index is 8.62. The highest BCUT2D eigenvalue weighted by Crippen LogP contribution is 1.98. The highest BCUT2D eigenvalue weighted by atomic mass is 32.1. The Bertz CT molecular complexity index is 99.8. The lowest BCUT2D eigenvalue weighted by atomic mass is 10.4. The number of aliphatic hydroxyl groups is 1. The van der Waals surface area contributed by atoms with Crippen LogP contribution in [0.1, 0.15) is 12.8 Å². The second-order valence-corrected chi connectivity index (χ2v) is 3.17. The van der Waals surface area contributed by atoms with Gasteiger partial charge in [-0.25, -0.2) is 0 Å². The summed E-state index contributed by atoms with van der Waals surface area (Å²) in [5.74, 6) is 0. The predicted molar refractivity (Wildman–Crippen MR) is 49.0 cm³/mol. The van der Waals surface area contributed by atoms with Crippen molar-refractivity contribution in [1.29, 1.82) is 0 Å². The molecule has 0 aromatic carbocycles. The molecule has 0 aromatic heterocycles. The van der Waals surface area contributed by atoms with Gasteiger partial charge in [0, 0.05) is 0 Å². The van der Waals surface area contributed by atoms with E-state index in [2.05, 4.69) is 30.2 Å². The highest BCUT2D eigenvalue weighted by molar-refractivity contribution is 8.10. The van der Waals surface area contributed by atoms with Crippen molar-refractivity contribution in [2.75, 3.05) is 6.54 Å². The molecule has 1 aliphatic heterocycles. The molecule has 0 saturated carbocycles. The van der Waals surface area contributed by atoms with Crippen LogP contribution in [-0.4, -0.2) is 22.2 Å². The molecule has 3 nitrogen and oxygen atoms in total. The Morgan fingerprint density at radius 1 is 1.80 bits per heavy atom. The van der Waals surface area contributed by atoms with Gasteiger partial charge in [-0.05, 0) is 19.4 Å². The van der Waals surface area contributed by atoms with Crippen LogP contribution in [0.3, 0.4) is 0 Å². The fourth-order valence-electron chi connectivity index (χ4n) is 0.666. The maximum Gasteiger partial charge on any atom is 0.128 e. The van der Waals surface area contributed by atoms with Crippen LogP contribution in [-0.2, 0) is 0 Å². The van der Waals surface area contributed by atoms with E-state index in [1.807, 2.05) is 0 Å². The zero-order valence-corrected chi connectivity index (χ0v) is 7.29. The van der Waals surface area contributed by atoms with Gasteiger partial charge < -0.3 is 10.8 Å². The van der Waals surface area contributed by atoms with Crippen molar-refractivity contribution >= 4 is 29.2 Å². The van der Waals surface area contributed by atoms with Gasteiger partial charge in [0.05, 0.1) is 0 Å². The van der Waals surface area contributed by atoms with Gasteiger partial charge in [-0.3, -0.25) is 5.32 Å². The number of nitrogens with two attached hydrogens (primary N) is 1. The summed E-state index contributed by atoms with van der Waals surface area (Å²) >= 11 is 7.65. The minimum absolute atomic E-state index is 0.194. The standard InChI is InChI=1S/C4H9NO.CH3NS2/c6-4-2-1-3-5-4;2-1(3)4/h4-6H,1-3H2;(H3,2,3,4). The molecule has 0 radical (unpaired) electrons. The van der Waals surface area contributed by atoms with E-state index in [0.29, 0.717) is 0 Å².